The molecule has 11 heteroatoms. The Hall–Kier alpha value is -2.50. The highest BCUT2D eigenvalue weighted by atomic mass is 32.2. The van der Waals surface area contributed by atoms with Crippen molar-refractivity contribution in [2.75, 3.05) is 18.4 Å². The molecular weight excluding hydrogens is 462 g/mol. The van der Waals surface area contributed by atoms with Gasteiger partial charge in [0.05, 0.1) is 10.5 Å². The third kappa shape index (κ3) is 6.05. The van der Waals surface area contributed by atoms with Crippen molar-refractivity contribution in [3.8, 4) is 0 Å². The van der Waals surface area contributed by atoms with E-state index in [0.29, 0.717) is 35.4 Å². The average molecular weight is 485 g/mol. The van der Waals surface area contributed by atoms with Crippen molar-refractivity contribution in [2.24, 2.45) is 0 Å². The molecule has 0 bridgehead atoms. The minimum absolute atomic E-state index is 0.00675. The third-order valence-electron chi connectivity index (χ3n) is 4.77. The van der Waals surface area contributed by atoms with Crippen LogP contribution in [0.3, 0.4) is 0 Å². The summed E-state index contributed by atoms with van der Waals surface area (Å²) in [5.41, 5.74) is 0.369. The fourth-order valence-corrected chi connectivity index (χ4v) is 5.17. The van der Waals surface area contributed by atoms with E-state index in [4.69, 9.17) is 4.74 Å². The van der Waals surface area contributed by atoms with E-state index in [2.05, 4.69) is 5.32 Å². The summed E-state index contributed by atoms with van der Waals surface area (Å²) in [6.45, 7) is 2.26. The van der Waals surface area contributed by atoms with Crippen LogP contribution in [0.5, 0.6) is 0 Å². The first kappa shape index (κ1) is 24.1. The molecule has 2 aromatic rings. The second-order valence-corrected chi connectivity index (χ2v) is 10.1. The molecule has 0 radical (unpaired) electrons. The SMILES string of the molecule is C[C@H](OC(=O)c1cccc(S(=O)(=O)N2CCCC2)c1)C(=O)Nc1ccc(SC(F)F)cc1. The third-order valence-corrected chi connectivity index (χ3v) is 7.39. The summed E-state index contributed by atoms with van der Waals surface area (Å²) in [7, 11) is -3.69. The number of nitrogens with one attached hydrogen (secondary N) is 1. The number of carbonyl (C=O) groups excluding carboxylic acids is 2. The lowest BCUT2D eigenvalue weighted by atomic mass is 10.2. The molecule has 1 aliphatic rings. The molecule has 1 N–H and O–H groups in total. The van der Waals surface area contributed by atoms with Crippen LogP contribution < -0.4 is 5.32 Å². The summed E-state index contributed by atoms with van der Waals surface area (Å²) in [6, 6.07) is 11.3. The maximum Gasteiger partial charge on any atom is 0.338 e. The van der Waals surface area contributed by atoms with E-state index in [9.17, 15) is 26.8 Å². The van der Waals surface area contributed by atoms with Gasteiger partial charge in [-0.05, 0) is 62.2 Å². The largest absolute Gasteiger partial charge is 0.449 e. The number of rotatable bonds is 8. The highest BCUT2D eigenvalue weighted by Gasteiger charge is 2.28. The Morgan fingerprint density at radius 3 is 2.38 bits per heavy atom. The molecule has 0 unspecified atom stereocenters. The quantitative estimate of drug-likeness (QED) is 0.450. The van der Waals surface area contributed by atoms with Gasteiger partial charge in [-0.1, -0.05) is 17.8 Å². The zero-order valence-corrected chi connectivity index (χ0v) is 18.8. The van der Waals surface area contributed by atoms with Crippen molar-refractivity contribution >= 4 is 39.3 Å². The van der Waals surface area contributed by atoms with Gasteiger partial charge in [0.25, 0.3) is 11.7 Å². The number of esters is 1. The fourth-order valence-electron chi connectivity index (χ4n) is 3.11. The number of ether oxygens (including phenoxy) is 1. The Morgan fingerprint density at radius 2 is 1.75 bits per heavy atom. The molecule has 0 aliphatic carbocycles. The number of sulfonamides is 1. The lowest BCUT2D eigenvalue weighted by Gasteiger charge is -2.16. The van der Waals surface area contributed by atoms with Gasteiger partial charge in [0.15, 0.2) is 6.10 Å². The number of hydrogen-bond acceptors (Lipinski definition) is 6. The molecule has 0 spiro atoms. The molecule has 1 aliphatic heterocycles. The van der Waals surface area contributed by atoms with Crippen molar-refractivity contribution in [3.05, 3.63) is 54.1 Å². The zero-order valence-electron chi connectivity index (χ0n) is 17.2. The van der Waals surface area contributed by atoms with E-state index < -0.39 is 33.8 Å². The normalized spacial score (nSPS) is 15.5. The summed E-state index contributed by atoms with van der Waals surface area (Å²) < 4.78 is 56.7. The van der Waals surface area contributed by atoms with Crippen molar-refractivity contribution in [1.82, 2.24) is 4.31 Å². The Kier molecular flexibility index (Phi) is 7.86. The highest BCUT2D eigenvalue weighted by molar-refractivity contribution is 7.99. The summed E-state index contributed by atoms with van der Waals surface area (Å²) in [5, 5.41) is 2.54. The first-order valence-corrected chi connectivity index (χ1v) is 12.2. The van der Waals surface area contributed by atoms with Crippen LogP contribution >= 0.6 is 11.8 Å². The molecule has 0 aromatic heterocycles. The minimum atomic E-state index is -3.69. The lowest BCUT2D eigenvalue weighted by Crippen LogP contribution is -2.30. The van der Waals surface area contributed by atoms with E-state index in [1.54, 1.807) is 0 Å². The first-order chi connectivity index (χ1) is 15.2. The van der Waals surface area contributed by atoms with Crippen LogP contribution in [-0.4, -0.2) is 49.6 Å². The lowest BCUT2D eigenvalue weighted by molar-refractivity contribution is -0.123. The molecule has 1 atom stereocenters. The Morgan fingerprint density at radius 1 is 1.09 bits per heavy atom. The first-order valence-electron chi connectivity index (χ1n) is 9.84. The van der Waals surface area contributed by atoms with Gasteiger partial charge >= 0.3 is 5.97 Å². The predicted molar refractivity (Wildman–Crippen MR) is 116 cm³/mol. The van der Waals surface area contributed by atoms with Crippen LogP contribution in [-0.2, 0) is 19.6 Å². The number of nitrogens with zero attached hydrogens (tertiary/aromatic N) is 1. The van der Waals surface area contributed by atoms with Gasteiger partial charge in [0.2, 0.25) is 10.0 Å². The molecule has 3 rings (SSSR count). The number of alkyl halides is 2. The number of halogens is 2. The van der Waals surface area contributed by atoms with E-state index in [1.807, 2.05) is 0 Å². The fraction of sp³-hybridized carbons (Fsp3) is 0.333. The molecule has 0 saturated carbocycles. The Balaban J connectivity index is 1.62. The minimum Gasteiger partial charge on any atom is -0.449 e. The molecule has 1 fully saturated rings. The van der Waals surface area contributed by atoms with E-state index in [0.717, 1.165) is 12.8 Å². The second kappa shape index (κ2) is 10.4. The summed E-state index contributed by atoms with van der Waals surface area (Å²) in [4.78, 5) is 25.1. The van der Waals surface area contributed by atoms with Crippen molar-refractivity contribution < 1.29 is 31.5 Å². The predicted octanol–water partition coefficient (Wildman–Crippen LogP) is 3.97. The number of benzene rings is 2. The van der Waals surface area contributed by atoms with Crippen LogP contribution in [0.1, 0.15) is 30.1 Å². The second-order valence-electron chi connectivity index (χ2n) is 7.08. The zero-order chi connectivity index (χ0) is 23.3. The molecule has 1 amide bonds. The smallest absolute Gasteiger partial charge is 0.338 e. The van der Waals surface area contributed by atoms with Crippen LogP contribution in [0.2, 0.25) is 0 Å². The maximum atomic E-state index is 12.7. The number of thioether (sulfide) groups is 1. The van der Waals surface area contributed by atoms with Gasteiger partial charge in [-0.25, -0.2) is 13.2 Å². The number of amides is 1. The van der Waals surface area contributed by atoms with Gasteiger partial charge in [0.1, 0.15) is 0 Å². The molecule has 172 valence electrons. The van der Waals surface area contributed by atoms with Crippen LogP contribution in [0.4, 0.5) is 14.5 Å². The summed E-state index contributed by atoms with van der Waals surface area (Å²) in [5.74, 6) is -4.00. The molecule has 7 nitrogen and oxygen atoms in total. The number of anilines is 1. The van der Waals surface area contributed by atoms with Gasteiger partial charge in [-0.15, -0.1) is 0 Å². The van der Waals surface area contributed by atoms with Crippen LogP contribution in [0.25, 0.3) is 0 Å². The van der Waals surface area contributed by atoms with Crippen molar-refractivity contribution in [1.29, 1.82) is 0 Å². The standard InChI is InChI=1S/C21H22F2N2O5S2/c1-14(19(26)24-16-7-9-17(10-8-16)31-21(22)23)30-20(27)15-5-4-6-18(13-15)32(28,29)25-11-2-3-12-25/h4-10,13-14,21H,2-3,11-12H2,1H3,(H,24,26)/t14-/m0/s1. The average Bonchev–Trinajstić information content (AvgIpc) is 3.30. The van der Waals surface area contributed by atoms with Gasteiger partial charge in [0, 0.05) is 23.7 Å². The van der Waals surface area contributed by atoms with Crippen molar-refractivity contribution in [3.63, 3.8) is 0 Å². The van der Waals surface area contributed by atoms with Gasteiger partial charge in [-0.3, -0.25) is 4.79 Å². The summed E-state index contributed by atoms with van der Waals surface area (Å²) >= 11 is 0.388. The van der Waals surface area contributed by atoms with Crippen LogP contribution in [0.15, 0.2) is 58.3 Å². The molecule has 1 saturated heterocycles. The Labute approximate surface area is 189 Å². The van der Waals surface area contributed by atoms with E-state index in [-0.39, 0.29) is 10.5 Å². The molecule has 32 heavy (non-hydrogen) atoms. The molecule has 1 heterocycles. The topological polar surface area (TPSA) is 92.8 Å². The maximum absolute atomic E-state index is 12.7. The number of carbonyl (C=O) groups is 2. The summed E-state index contributed by atoms with van der Waals surface area (Å²) in [6.07, 6.45) is 0.416. The van der Waals surface area contributed by atoms with E-state index >= 15 is 0 Å². The van der Waals surface area contributed by atoms with Gasteiger partial charge in [-0.2, -0.15) is 13.1 Å². The molecule has 2 aromatic carbocycles. The van der Waals surface area contributed by atoms with Gasteiger partial charge < -0.3 is 10.1 Å². The Bertz CT molecular complexity index is 1070. The van der Waals surface area contributed by atoms with Crippen molar-refractivity contribution in [2.45, 2.75) is 41.4 Å². The number of hydrogen-bond donors (Lipinski definition) is 1. The van der Waals surface area contributed by atoms with E-state index in [1.165, 1.54) is 59.8 Å². The monoisotopic (exact) mass is 484 g/mol. The highest BCUT2D eigenvalue weighted by Crippen LogP contribution is 2.26. The van der Waals surface area contributed by atoms with Crippen LogP contribution in [0, 0.1) is 0 Å². The molecular formula is C21H22F2N2O5S2.